The monoisotopic (exact) mass is 439 g/mol. The van der Waals surface area contributed by atoms with Crippen LogP contribution in [-0.2, 0) is 10.9 Å². The Morgan fingerprint density at radius 2 is 1.97 bits per heavy atom. The lowest BCUT2D eigenvalue weighted by atomic mass is 10.1. The Kier molecular flexibility index (Phi) is 4.93. The second-order valence-electron chi connectivity index (χ2n) is 7.40. The van der Waals surface area contributed by atoms with E-state index in [4.69, 9.17) is 4.74 Å². The Hall–Kier alpha value is -3.66. The highest BCUT2D eigenvalue weighted by molar-refractivity contribution is 5.93. The van der Waals surface area contributed by atoms with E-state index >= 15 is 0 Å². The van der Waals surface area contributed by atoms with Gasteiger partial charge in [-0.1, -0.05) is 0 Å². The third-order valence-electron chi connectivity index (χ3n) is 5.35. The molecule has 0 aromatic carbocycles. The molecule has 0 radical (unpaired) electrons. The number of alkyl halides is 3. The quantitative estimate of drug-likeness (QED) is 0.482. The maximum atomic E-state index is 13.3. The summed E-state index contributed by atoms with van der Waals surface area (Å²) in [5, 5.41) is 0.308. The van der Waals surface area contributed by atoms with E-state index in [1.807, 2.05) is 0 Å². The number of pyridine rings is 3. The summed E-state index contributed by atoms with van der Waals surface area (Å²) in [6.45, 7) is 0.984. The Bertz CT molecular complexity index is 1330. The molecule has 0 spiro atoms. The zero-order valence-electron chi connectivity index (χ0n) is 16.6. The molecule has 1 fully saturated rings. The summed E-state index contributed by atoms with van der Waals surface area (Å²) < 4.78 is 45.7. The molecule has 1 aliphatic heterocycles. The van der Waals surface area contributed by atoms with Crippen molar-refractivity contribution >= 4 is 10.9 Å². The number of ether oxygens (including phenoxy) is 1. The summed E-state index contributed by atoms with van der Waals surface area (Å²) >= 11 is 0. The number of fused-ring (bicyclic) bond motifs is 1. The van der Waals surface area contributed by atoms with Gasteiger partial charge >= 0.3 is 6.18 Å². The Morgan fingerprint density at radius 3 is 2.62 bits per heavy atom. The highest BCUT2D eigenvalue weighted by Crippen LogP contribution is 2.31. The largest absolute Gasteiger partial charge is 0.433 e. The van der Waals surface area contributed by atoms with E-state index in [1.165, 1.54) is 17.0 Å². The van der Waals surface area contributed by atoms with Gasteiger partial charge in [-0.2, -0.15) is 13.2 Å². The average molecular weight is 439 g/mol. The summed E-state index contributed by atoms with van der Waals surface area (Å²) in [6, 6.07) is 7.11. The molecule has 0 saturated carbocycles. The molecule has 7 nitrogen and oxygen atoms in total. The number of hydrogen-bond donors (Lipinski definition) is 0. The van der Waals surface area contributed by atoms with Gasteiger partial charge in [0.25, 0.3) is 5.56 Å². The Morgan fingerprint density at radius 1 is 1.09 bits per heavy atom. The van der Waals surface area contributed by atoms with E-state index in [0.29, 0.717) is 53.1 Å². The van der Waals surface area contributed by atoms with Crippen LogP contribution in [0.5, 0.6) is 0 Å². The van der Waals surface area contributed by atoms with Gasteiger partial charge in [0.1, 0.15) is 11.2 Å². The van der Waals surface area contributed by atoms with Crippen molar-refractivity contribution in [2.75, 3.05) is 13.2 Å². The number of rotatable bonds is 3. The van der Waals surface area contributed by atoms with Gasteiger partial charge in [0.05, 0.1) is 35.8 Å². The molecule has 1 atom stereocenters. The lowest BCUT2D eigenvalue weighted by Gasteiger charge is -2.14. The van der Waals surface area contributed by atoms with Crippen molar-refractivity contribution in [2.45, 2.75) is 18.6 Å². The van der Waals surface area contributed by atoms with Crippen molar-refractivity contribution in [3.63, 3.8) is 0 Å². The molecular weight excluding hydrogens is 423 g/mol. The van der Waals surface area contributed by atoms with Crippen molar-refractivity contribution in [3.05, 3.63) is 71.3 Å². The summed E-state index contributed by atoms with van der Waals surface area (Å²) in [4.78, 5) is 30.1. The Balaban J connectivity index is 1.72. The van der Waals surface area contributed by atoms with E-state index in [9.17, 15) is 18.0 Å². The highest BCUT2D eigenvalue weighted by atomic mass is 19.4. The van der Waals surface area contributed by atoms with Gasteiger partial charge in [-0.3, -0.25) is 19.3 Å². The smallest absolute Gasteiger partial charge is 0.379 e. The van der Waals surface area contributed by atoms with Gasteiger partial charge in [-0.15, -0.1) is 0 Å². The van der Waals surface area contributed by atoms with Crippen LogP contribution in [-0.4, -0.2) is 37.7 Å². The lowest BCUT2D eigenvalue weighted by molar-refractivity contribution is -0.141. The van der Waals surface area contributed by atoms with Crippen molar-refractivity contribution in [1.29, 1.82) is 0 Å². The van der Waals surface area contributed by atoms with Gasteiger partial charge in [0, 0.05) is 36.3 Å². The summed E-state index contributed by atoms with van der Waals surface area (Å²) in [7, 11) is 0. The number of nitrogens with zero attached hydrogens (tertiary/aromatic N) is 5. The minimum Gasteiger partial charge on any atom is -0.379 e. The first kappa shape index (κ1) is 20.3. The molecule has 1 unspecified atom stereocenters. The molecule has 10 heteroatoms. The number of halogens is 3. The maximum Gasteiger partial charge on any atom is 0.433 e. The van der Waals surface area contributed by atoms with E-state index in [1.54, 1.807) is 30.6 Å². The highest BCUT2D eigenvalue weighted by Gasteiger charge is 2.32. The first-order valence-corrected chi connectivity index (χ1v) is 9.85. The fourth-order valence-electron chi connectivity index (χ4n) is 3.71. The topological polar surface area (TPSA) is 82.8 Å². The van der Waals surface area contributed by atoms with Gasteiger partial charge in [0.2, 0.25) is 0 Å². The minimum atomic E-state index is -4.54. The fourth-order valence-corrected chi connectivity index (χ4v) is 3.71. The SMILES string of the molecule is O=c1c2cc(-c3ccc(C(F)(F)F)nc3)nc(-c3cccnc3)c2ncn1C1CCOC1. The minimum absolute atomic E-state index is 0.120. The van der Waals surface area contributed by atoms with Crippen LogP contribution in [0, 0.1) is 0 Å². The Labute approximate surface area is 179 Å². The lowest BCUT2D eigenvalue weighted by Crippen LogP contribution is -2.25. The molecule has 1 saturated heterocycles. The van der Waals surface area contributed by atoms with Crippen molar-refractivity contribution < 1.29 is 17.9 Å². The molecule has 0 N–H and O–H groups in total. The molecule has 0 amide bonds. The first-order chi connectivity index (χ1) is 15.4. The van der Waals surface area contributed by atoms with Crippen LogP contribution in [0.25, 0.3) is 33.4 Å². The molecule has 5 rings (SSSR count). The first-order valence-electron chi connectivity index (χ1n) is 9.85. The van der Waals surface area contributed by atoms with Gasteiger partial charge < -0.3 is 4.74 Å². The summed E-state index contributed by atoms with van der Waals surface area (Å²) in [5.74, 6) is 0. The zero-order chi connectivity index (χ0) is 22.3. The number of aromatic nitrogens is 5. The van der Waals surface area contributed by atoms with Crippen LogP contribution in [0.1, 0.15) is 18.2 Å². The summed E-state index contributed by atoms with van der Waals surface area (Å²) in [5.41, 5.74) is 0.840. The van der Waals surface area contributed by atoms with E-state index in [0.717, 1.165) is 12.3 Å². The molecular formula is C22H16F3N5O2. The van der Waals surface area contributed by atoms with E-state index < -0.39 is 11.9 Å². The van der Waals surface area contributed by atoms with Crippen LogP contribution in [0.2, 0.25) is 0 Å². The molecule has 5 heterocycles. The predicted octanol–water partition coefficient (Wildman–Crippen LogP) is 3.90. The van der Waals surface area contributed by atoms with Crippen molar-refractivity contribution in [1.82, 2.24) is 24.5 Å². The van der Waals surface area contributed by atoms with Crippen molar-refractivity contribution in [2.24, 2.45) is 0 Å². The van der Waals surface area contributed by atoms with E-state index in [2.05, 4.69) is 19.9 Å². The molecule has 32 heavy (non-hydrogen) atoms. The molecule has 0 bridgehead atoms. The second-order valence-corrected chi connectivity index (χ2v) is 7.40. The van der Waals surface area contributed by atoms with Crippen LogP contribution in [0.3, 0.4) is 0 Å². The van der Waals surface area contributed by atoms with Crippen molar-refractivity contribution in [3.8, 4) is 22.5 Å². The maximum absolute atomic E-state index is 13.3. The third-order valence-corrected chi connectivity index (χ3v) is 5.35. The predicted molar refractivity (Wildman–Crippen MR) is 110 cm³/mol. The zero-order valence-corrected chi connectivity index (χ0v) is 16.6. The van der Waals surface area contributed by atoms with Crippen LogP contribution in [0.4, 0.5) is 13.2 Å². The normalized spacial score (nSPS) is 16.5. The van der Waals surface area contributed by atoms with Gasteiger partial charge in [-0.25, -0.2) is 9.97 Å². The van der Waals surface area contributed by atoms with Crippen LogP contribution in [0.15, 0.2) is 60.0 Å². The van der Waals surface area contributed by atoms with Gasteiger partial charge in [-0.05, 0) is 36.8 Å². The third kappa shape index (κ3) is 3.62. The van der Waals surface area contributed by atoms with Gasteiger partial charge in [0.15, 0.2) is 0 Å². The fraction of sp³-hybridized carbons (Fsp3) is 0.227. The molecule has 162 valence electrons. The molecule has 4 aromatic heterocycles. The number of hydrogen-bond acceptors (Lipinski definition) is 6. The standard InChI is InChI=1S/C22H16F3N5O2/c23-22(24,25)18-4-3-13(10-27-18)17-8-16-20(19(29-17)14-2-1-6-26-9-14)28-12-30(21(16)31)15-5-7-32-11-15/h1-4,6,8-10,12,15H,5,7,11H2. The van der Waals surface area contributed by atoms with Crippen LogP contribution < -0.4 is 5.56 Å². The second kappa shape index (κ2) is 7.79. The average Bonchev–Trinajstić information content (AvgIpc) is 3.34. The molecule has 0 aliphatic carbocycles. The molecule has 4 aromatic rings. The molecule has 1 aliphatic rings. The van der Waals surface area contributed by atoms with Crippen LogP contribution >= 0.6 is 0 Å². The van der Waals surface area contributed by atoms with E-state index in [-0.39, 0.29) is 11.6 Å². The summed E-state index contributed by atoms with van der Waals surface area (Å²) in [6.07, 6.45) is 1.94.